The van der Waals surface area contributed by atoms with Gasteiger partial charge in [0.2, 0.25) is 15.9 Å². The SMILES string of the molecule is CNS(=O)(=O)c1ccc(CCC(=O)NCCCCOc2ccc(F)cc2)cc1. The van der Waals surface area contributed by atoms with Gasteiger partial charge < -0.3 is 10.1 Å². The molecule has 2 aromatic rings. The van der Waals surface area contributed by atoms with Crippen molar-refractivity contribution < 1.29 is 22.3 Å². The van der Waals surface area contributed by atoms with Crippen molar-refractivity contribution in [2.75, 3.05) is 20.2 Å². The fourth-order valence-electron chi connectivity index (χ4n) is 2.48. The number of halogens is 1. The van der Waals surface area contributed by atoms with E-state index in [0.29, 0.717) is 31.7 Å². The molecular weight excluding hydrogens is 383 g/mol. The normalized spacial score (nSPS) is 11.2. The molecule has 0 aliphatic heterocycles. The van der Waals surface area contributed by atoms with E-state index in [4.69, 9.17) is 4.74 Å². The van der Waals surface area contributed by atoms with Gasteiger partial charge in [-0.3, -0.25) is 4.79 Å². The highest BCUT2D eigenvalue weighted by Gasteiger charge is 2.10. The maximum absolute atomic E-state index is 12.8. The molecule has 0 aliphatic rings. The molecule has 0 atom stereocenters. The van der Waals surface area contributed by atoms with E-state index in [1.165, 1.54) is 31.3 Å². The van der Waals surface area contributed by atoms with Crippen LogP contribution in [-0.4, -0.2) is 34.5 Å². The van der Waals surface area contributed by atoms with Crippen LogP contribution < -0.4 is 14.8 Å². The Kier molecular flexibility index (Phi) is 8.41. The van der Waals surface area contributed by atoms with Gasteiger partial charge in [-0.2, -0.15) is 0 Å². The number of rotatable bonds is 11. The third-order valence-corrected chi connectivity index (χ3v) is 5.55. The van der Waals surface area contributed by atoms with Gasteiger partial charge in [-0.1, -0.05) is 12.1 Å². The summed E-state index contributed by atoms with van der Waals surface area (Å²) in [6, 6.07) is 12.3. The molecule has 0 saturated carbocycles. The standard InChI is InChI=1S/C20H25FN2O4S/c1-22-28(25,26)19-11-4-16(5-12-19)6-13-20(24)23-14-2-3-15-27-18-9-7-17(21)8-10-18/h4-5,7-12,22H,2-3,6,13-15H2,1H3,(H,23,24). The second-order valence-electron chi connectivity index (χ2n) is 6.21. The Balaban J connectivity index is 1.59. The van der Waals surface area contributed by atoms with Gasteiger partial charge in [0.1, 0.15) is 11.6 Å². The number of carbonyl (C=O) groups is 1. The van der Waals surface area contributed by atoms with Crippen molar-refractivity contribution >= 4 is 15.9 Å². The number of aryl methyl sites for hydroxylation is 1. The molecule has 152 valence electrons. The van der Waals surface area contributed by atoms with Gasteiger partial charge in [0.15, 0.2) is 0 Å². The Bertz CT molecular complexity index is 853. The highest BCUT2D eigenvalue weighted by molar-refractivity contribution is 7.89. The fourth-order valence-corrected chi connectivity index (χ4v) is 3.21. The third-order valence-electron chi connectivity index (χ3n) is 4.12. The molecule has 0 heterocycles. The average Bonchev–Trinajstić information content (AvgIpc) is 2.70. The van der Waals surface area contributed by atoms with Crippen LogP contribution in [0.2, 0.25) is 0 Å². The fraction of sp³-hybridized carbons (Fsp3) is 0.350. The second kappa shape index (κ2) is 10.8. The van der Waals surface area contributed by atoms with E-state index in [-0.39, 0.29) is 16.6 Å². The molecule has 0 aliphatic carbocycles. The minimum Gasteiger partial charge on any atom is -0.494 e. The molecule has 6 nitrogen and oxygen atoms in total. The quantitative estimate of drug-likeness (QED) is 0.560. The molecule has 2 aromatic carbocycles. The molecule has 0 aromatic heterocycles. The number of amides is 1. The number of hydrogen-bond acceptors (Lipinski definition) is 4. The lowest BCUT2D eigenvalue weighted by molar-refractivity contribution is -0.121. The summed E-state index contributed by atoms with van der Waals surface area (Å²) in [5, 5.41) is 2.85. The van der Waals surface area contributed by atoms with Crippen LogP contribution in [0.15, 0.2) is 53.4 Å². The van der Waals surface area contributed by atoms with Crippen LogP contribution in [0.4, 0.5) is 4.39 Å². The molecule has 0 spiro atoms. The average molecular weight is 408 g/mol. The Morgan fingerprint density at radius 3 is 2.36 bits per heavy atom. The molecule has 1 amide bonds. The van der Waals surface area contributed by atoms with Crippen LogP contribution in [0.3, 0.4) is 0 Å². The maximum Gasteiger partial charge on any atom is 0.240 e. The summed E-state index contributed by atoms with van der Waals surface area (Å²) in [5.74, 6) is 0.277. The molecule has 2 N–H and O–H groups in total. The van der Waals surface area contributed by atoms with E-state index in [2.05, 4.69) is 10.0 Å². The smallest absolute Gasteiger partial charge is 0.240 e. The van der Waals surface area contributed by atoms with Crippen molar-refractivity contribution in [1.29, 1.82) is 0 Å². The van der Waals surface area contributed by atoms with E-state index in [9.17, 15) is 17.6 Å². The number of ether oxygens (including phenoxy) is 1. The van der Waals surface area contributed by atoms with E-state index >= 15 is 0 Å². The van der Waals surface area contributed by atoms with Crippen LogP contribution in [0.25, 0.3) is 0 Å². The molecule has 0 bridgehead atoms. The minimum atomic E-state index is -3.44. The van der Waals surface area contributed by atoms with Crippen molar-refractivity contribution in [1.82, 2.24) is 10.0 Å². The molecule has 28 heavy (non-hydrogen) atoms. The highest BCUT2D eigenvalue weighted by atomic mass is 32.2. The van der Waals surface area contributed by atoms with E-state index in [1.54, 1.807) is 24.3 Å². The topological polar surface area (TPSA) is 84.5 Å². The first-order valence-corrected chi connectivity index (χ1v) is 10.6. The second-order valence-corrected chi connectivity index (χ2v) is 8.10. The number of hydrogen-bond donors (Lipinski definition) is 2. The Labute approximate surface area is 165 Å². The molecule has 0 radical (unpaired) electrons. The number of carbonyl (C=O) groups excluding carboxylic acids is 1. The molecule has 0 unspecified atom stereocenters. The zero-order chi connectivity index (χ0) is 20.4. The van der Waals surface area contributed by atoms with Crippen LogP contribution >= 0.6 is 0 Å². The first kappa shape index (κ1) is 21.8. The lowest BCUT2D eigenvalue weighted by Gasteiger charge is -2.08. The number of nitrogens with one attached hydrogen (secondary N) is 2. The first-order chi connectivity index (χ1) is 13.4. The lowest BCUT2D eigenvalue weighted by atomic mass is 10.1. The van der Waals surface area contributed by atoms with Crippen LogP contribution in [0, 0.1) is 5.82 Å². The van der Waals surface area contributed by atoms with Crippen molar-refractivity contribution in [3.63, 3.8) is 0 Å². The van der Waals surface area contributed by atoms with Gasteiger partial charge in [-0.15, -0.1) is 0 Å². The van der Waals surface area contributed by atoms with E-state index in [0.717, 1.165) is 18.4 Å². The van der Waals surface area contributed by atoms with Gasteiger partial charge in [-0.25, -0.2) is 17.5 Å². The van der Waals surface area contributed by atoms with Crippen LogP contribution in [-0.2, 0) is 21.2 Å². The van der Waals surface area contributed by atoms with Gasteiger partial charge >= 0.3 is 0 Å². The van der Waals surface area contributed by atoms with E-state index in [1.807, 2.05) is 0 Å². The molecule has 0 saturated heterocycles. The minimum absolute atomic E-state index is 0.0497. The zero-order valence-corrected chi connectivity index (χ0v) is 16.6. The van der Waals surface area contributed by atoms with Crippen molar-refractivity contribution in [3.8, 4) is 5.75 Å². The summed E-state index contributed by atoms with van der Waals surface area (Å²) < 4.78 is 43.9. The molecular formula is C20H25FN2O4S. The monoisotopic (exact) mass is 408 g/mol. The highest BCUT2D eigenvalue weighted by Crippen LogP contribution is 2.12. The van der Waals surface area contributed by atoms with Crippen molar-refractivity contribution in [3.05, 3.63) is 59.9 Å². The molecule has 2 rings (SSSR count). The third kappa shape index (κ3) is 7.28. The Morgan fingerprint density at radius 1 is 1.04 bits per heavy atom. The number of unbranched alkanes of at least 4 members (excludes halogenated alkanes) is 1. The van der Waals surface area contributed by atoms with Crippen molar-refractivity contribution in [2.24, 2.45) is 0 Å². The Hall–Kier alpha value is -2.45. The maximum atomic E-state index is 12.8. The number of benzene rings is 2. The summed E-state index contributed by atoms with van der Waals surface area (Å²) in [6.45, 7) is 1.06. The number of sulfonamides is 1. The molecule has 8 heteroatoms. The zero-order valence-electron chi connectivity index (χ0n) is 15.8. The molecule has 0 fully saturated rings. The van der Waals surface area contributed by atoms with Crippen LogP contribution in [0.1, 0.15) is 24.8 Å². The largest absolute Gasteiger partial charge is 0.494 e. The summed E-state index contributed by atoms with van der Waals surface area (Å²) >= 11 is 0. The van der Waals surface area contributed by atoms with Gasteiger partial charge in [0, 0.05) is 13.0 Å². The van der Waals surface area contributed by atoms with E-state index < -0.39 is 10.0 Å². The summed E-state index contributed by atoms with van der Waals surface area (Å²) in [6.07, 6.45) is 2.44. The predicted octanol–water partition coefficient (Wildman–Crippen LogP) is 2.64. The van der Waals surface area contributed by atoms with Crippen molar-refractivity contribution in [2.45, 2.75) is 30.6 Å². The van der Waals surface area contributed by atoms with Gasteiger partial charge in [-0.05, 0) is 68.3 Å². The predicted molar refractivity (Wildman–Crippen MR) is 105 cm³/mol. The van der Waals surface area contributed by atoms with Gasteiger partial charge in [0.05, 0.1) is 11.5 Å². The summed E-state index contributed by atoms with van der Waals surface area (Å²) in [7, 11) is -2.08. The summed E-state index contributed by atoms with van der Waals surface area (Å²) in [4.78, 5) is 12.1. The Morgan fingerprint density at radius 2 is 1.71 bits per heavy atom. The lowest BCUT2D eigenvalue weighted by Crippen LogP contribution is -2.25. The summed E-state index contributed by atoms with van der Waals surface area (Å²) in [5.41, 5.74) is 0.901. The first-order valence-electron chi connectivity index (χ1n) is 9.08. The van der Waals surface area contributed by atoms with Crippen LogP contribution in [0.5, 0.6) is 5.75 Å². The van der Waals surface area contributed by atoms with Gasteiger partial charge in [0.25, 0.3) is 0 Å².